The molecule has 0 amide bonds. The van der Waals surface area contributed by atoms with Crippen molar-refractivity contribution < 1.29 is 9.47 Å². The zero-order valence-electron chi connectivity index (χ0n) is 16.4. The second-order valence-electron chi connectivity index (χ2n) is 7.44. The predicted octanol–water partition coefficient (Wildman–Crippen LogP) is 4.52. The summed E-state index contributed by atoms with van der Waals surface area (Å²) in [5.41, 5.74) is 1.38. The maximum atomic E-state index is 6.59. The van der Waals surface area contributed by atoms with E-state index in [-0.39, 0.29) is 12.3 Å². The van der Waals surface area contributed by atoms with E-state index in [9.17, 15) is 0 Å². The van der Waals surface area contributed by atoms with E-state index in [1.807, 2.05) is 17.5 Å². The van der Waals surface area contributed by atoms with Crippen molar-refractivity contribution in [2.45, 2.75) is 44.9 Å². The summed E-state index contributed by atoms with van der Waals surface area (Å²) in [6.07, 6.45) is 4.24. The van der Waals surface area contributed by atoms with E-state index in [1.54, 1.807) is 11.3 Å². The normalized spacial score (nSPS) is 23.0. The lowest BCUT2D eigenvalue weighted by Crippen LogP contribution is -2.43. The minimum absolute atomic E-state index is 0.0891. The Morgan fingerprint density at radius 2 is 2.14 bits per heavy atom. The average Bonchev–Trinajstić information content (AvgIpc) is 3.43. The van der Waals surface area contributed by atoms with E-state index < -0.39 is 0 Å². The molecule has 0 bridgehead atoms. The molecule has 7 nitrogen and oxygen atoms in total. The molecule has 2 fully saturated rings. The van der Waals surface area contributed by atoms with Crippen LogP contribution in [0.4, 0.5) is 5.95 Å². The van der Waals surface area contributed by atoms with Crippen molar-refractivity contribution in [2.24, 2.45) is 0 Å². The van der Waals surface area contributed by atoms with Crippen molar-refractivity contribution in [3.63, 3.8) is 0 Å². The summed E-state index contributed by atoms with van der Waals surface area (Å²) >= 11 is 8.19. The van der Waals surface area contributed by atoms with Gasteiger partial charge < -0.3 is 14.4 Å². The molecular weight excluding hydrogens is 410 g/mol. The van der Waals surface area contributed by atoms with Crippen LogP contribution in [0.15, 0.2) is 17.5 Å². The molecule has 2 aliphatic heterocycles. The molecule has 5 heterocycles. The second kappa shape index (κ2) is 8.18. The van der Waals surface area contributed by atoms with Crippen LogP contribution in [0.1, 0.15) is 38.8 Å². The van der Waals surface area contributed by atoms with Gasteiger partial charge in [0.25, 0.3) is 0 Å². The van der Waals surface area contributed by atoms with Crippen LogP contribution >= 0.6 is 22.9 Å². The molecule has 9 heteroatoms. The van der Waals surface area contributed by atoms with Gasteiger partial charge in [-0.25, -0.2) is 15.0 Å². The fraction of sp³-hybridized carbons (Fsp3) is 0.550. The van der Waals surface area contributed by atoms with Gasteiger partial charge in [-0.2, -0.15) is 0 Å². The van der Waals surface area contributed by atoms with Crippen LogP contribution in [0.5, 0.6) is 0 Å². The molecule has 3 aromatic heterocycles. The molecule has 3 aromatic rings. The SMILES string of the molecule is CCC1CN(c2nc3c(Cl)nc(-c4cccs4)nc3n2C2CCCCO2)CCO1. The monoisotopic (exact) mass is 433 g/mol. The Bertz CT molecular complexity index is 987. The van der Waals surface area contributed by atoms with Gasteiger partial charge in [-0.3, -0.25) is 4.57 Å². The molecule has 5 rings (SSSR count). The Morgan fingerprint density at radius 1 is 1.21 bits per heavy atom. The van der Waals surface area contributed by atoms with E-state index in [1.165, 1.54) is 0 Å². The first kappa shape index (κ1) is 19.2. The first-order chi connectivity index (χ1) is 14.2. The summed E-state index contributed by atoms with van der Waals surface area (Å²) < 4.78 is 14.2. The quantitative estimate of drug-likeness (QED) is 0.563. The summed E-state index contributed by atoms with van der Waals surface area (Å²) in [4.78, 5) is 17.6. The van der Waals surface area contributed by atoms with E-state index in [4.69, 9.17) is 31.0 Å². The van der Waals surface area contributed by atoms with Gasteiger partial charge in [0, 0.05) is 19.7 Å². The molecule has 29 heavy (non-hydrogen) atoms. The Labute approximate surface area is 178 Å². The van der Waals surface area contributed by atoms with Crippen molar-refractivity contribution in [3.8, 4) is 10.7 Å². The lowest BCUT2D eigenvalue weighted by atomic mass is 10.2. The molecule has 0 spiro atoms. The first-order valence-corrected chi connectivity index (χ1v) is 11.5. The van der Waals surface area contributed by atoms with Crippen LogP contribution in [-0.2, 0) is 9.47 Å². The number of rotatable bonds is 4. The molecule has 0 radical (unpaired) electrons. The highest BCUT2D eigenvalue weighted by Gasteiger charge is 2.30. The maximum Gasteiger partial charge on any atom is 0.210 e. The second-order valence-corrected chi connectivity index (χ2v) is 8.74. The topological polar surface area (TPSA) is 65.3 Å². The van der Waals surface area contributed by atoms with Gasteiger partial charge in [0.15, 0.2) is 16.6 Å². The van der Waals surface area contributed by atoms with Crippen LogP contribution in [0, 0.1) is 0 Å². The first-order valence-electron chi connectivity index (χ1n) is 10.2. The molecule has 2 unspecified atom stereocenters. The van der Waals surface area contributed by atoms with Gasteiger partial charge in [-0.05, 0) is 37.1 Å². The number of halogens is 1. The lowest BCUT2D eigenvalue weighted by molar-refractivity contribution is -0.0297. The van der Waals surface area contributed by atoms with Crippen LogP contribution < -0.4 is 4.90 Å². The van der Waals surface area contributed by atoms with Crippen molar-refractivity contribution >= 4 is 40.0 Å². The zero-order chi connectivity index (χ0) is 19.8. The Morgan fingerprint density at radius 3 is 2.90 bits per heavy atom. The number of morpholine rings is 1. The number of fused-ring (bicyclic) bond motifs is 1. The molecule has 0 N–H and O–H groups in total. The standard InChI is InChI=1S/C20H24ClN5O2S/c1-2-13-12-25(8-10-27-13)20-22-16-17(21)23-18(14-6-5-11-29-14)24-19(16)26(20)15-7-3-4-9-28-15/h5-6,11,13,15H,2-4,7-10,12H2,1H3. The van der Waals surface area contributed by atoms with Gasteiger partial charge in [0.05, 0.1) is 17.6 Å². The molecule has 2 atom stereocenters. The van der Waals surface area contributed by atoms with Crippen LogP contribution in [0.25, 0.3) is 21.9 Å². The van der Waals surface area contributed by atoms with Gasteiger partial charge in [-0.15, -0.1) is 11.3 Å². The molecule has 2 aliphatic rings. The third-order valence-corrected chi connectivity index (χ3v) is 6.67. The number of hydrogen-bond acceptors (Lipinski definition) is 7. The third kappa shape index (κ3) is 3.63. The zero-order valence-corrected chi connectivity index (χ0v) is 18.0. The van der Waals surface area contributed by atoms with Crippen molar-refractivity contribution in [1.82, 2.24) is 19.5 Å². The minimum Gasteiger partial charge on any atom is -0.375 e. The highest BCUT2D eigenvalue weighted by molar-refractivity contribution is 7.13. The summed E-state index contributed by atoms with van der Waals surface area (Å²) in [7, 11) is 0. The molecular formula is C20H24ClN5O2S. The van der Waals surface area contributed by atoms with Gasteiger partial charge in [0.1, 0.15) is 11.7 Å². The molecule has 2 saturated heterocycles. The Kier molecular flexibility index (Phi) is 5.43. The van der Waals surface area contributed by atoms with Crippen molar-refractivity contribution in [1.29, 1.82) is 0 Å². The fourth-order valence-corrected chi connectivity index (χ4v) is 4.87. The number of aromatic nitrogens is 4. The average molecular weight is 434 g/mol. The minimum atomic E-state index is -0.0891. The largest absolute Gasteiger partial charge is 0.375 e. The predicted molar refractivity (Wildman–Crippen MR) is 115 cm³/mol. The number of imidazole rings is 1. The number of thiophene rings is 1. The highest BCUT2D eigenvalue weighted by Crippen LogP contribution is 2.36. The van der Waals surface area contributed by atoms with E-state index in [2.05, 4.69) is 21.4 Å². The number of hydrogen-bond donors (Lipinski definition) is 0. The van der Waals surface area contributed by atoms with E-state index >= 15 is 0 Å². The number of nitrogens with zero attached hydrogens (tertiary/aromatic N) is 5. The number of ether oxygens (including phenoxy) is 2. The van der Waals surface area contributed by atoms with E-state index in [0.29, 0.717) is 23.1 Å². The molecule has 154 valence electrons. The van der Waals surface area contributed by atoms with Crippen molar-refractivity contribution in [2.75, 3.05) is 31.2 Å². The molecule has 0 aliphatic carbocycles. The van der Waals surface area contributed by atoms with Gasteiger partial charge in [-0.1, -0.05) is 24.6 Å². The molecule has 0 aromatic carbocycles. The fourth-order valence-electron chi connectivity index (χ4n) is 4.01. The summed E-state index contributed by atoms with van der Waals surface area (Å²) in [6, 6.07) is 4.00. The van der Waals surface area contributed by atoms with E-state index in [0.717, 1.165) is 61.9 Å². The summed E-state index contributed by atoms with van der Waals surface area (Å²) in [6.45, 7) is 5.18. The Balaban J connectivity index is 1.66. The Hall–Kier alpha value is -1.74. The van der Waals surface area contributed by atoms with Crippen molar-refractivity contribution in [3.05, 3.63) is 22.7 Å². The van der Waals surface area contributed by atoms with Crippen LogP contribution in [-0.4, -0.2) is 51.9 Å². The summed E-state index contributed by atoms with van der Waals surface area (Å²) in [5.74, 6) is 1.49. The third-order valence-electron chi connectivity index (χ3n) is 5.54. The lowest BCUT2D eigenvalue weighted by Gasteiger charge is -2.35. The highest BCUT2D eigenvalue weighted by atomic mass is 35.5. The summed E-state index contributed by atoms with van der Waals surface area (Å²) in [5, 5.41) is 2.40. The van der Waals surface area contributed by atoms with Gasteiger partial charge >= 0.3 is 0 Å². The maximum absolute atomic E-state index is 6.59. The van der Waals surface area contributed by atoms with Gasteiger partial charge in [0.2, 0.25) is 5.95 Å². The van der Waals surface area contributed by atoms with Crippen LogP contribution in [0.2, 0.25) is 5.15 Å². The van der Waals surface area contributed by atoms with Crippen LogP contribution in [0.3, 0.4) is 0 Å². The smallest absolute Gasteiger partial charge is 0.210 e. The number of anilines is 1. The molecule has 0 saturated carbocycles.